The smallest absolute Gasteiger partial charge is 0.263 e. The minimum Gasteiger partial charge on any atom is -0.321 e. The van der Waals surface area contributed by atoms with E-state index in [1.807, 2.05) is 6.07 Å². The zero-order chi connectivity index (χ0) is 13.9. The van der Waals surface area contributed by atoms with Crippen LogP contribution in [0.2, 0.25) is 0 Å². The molecule has 0 bridgehead atoms. The van der Waals surface area contributed by atoms with Gasteiger partial charge in [0.2, 0.25) is 0 Å². The summed E-state index contributed by atoms with van der Waals surface area (Å²) < 4.78 is 0. The highest BCUT2D eigenvalue weighted by Crippen LogP contribution is 2.21. The van der Waals surface area contributed by atoms with Crippen molar-refractivity contribution in [2.75, 3.05) is 5.32 Å². The molecule has 0 aromatic carbocycles. The van der Waals surface area contributed by atoms with E-state index in [2.05, 4.69) is 15.3 Å². The molecule has 2 aliphatic rings. The Morgan fingerprint density at radius 2 is 1.85 bits per heavy atom. The Morgan fingerprint density at radius 1 is 1.05 bits per heavy atom. The number of aromatic amines is 1. The van der Waals surface area contributed by atoms with E-state index in [-0.39, 0.29) is 5.56 Å². The Hall–Kier alpha value is -2.95. The summed E-state index contributed by atoms with van der Waals surface area (Å²) in [5.41, 5.74) is 0.918. The molecule has 5 nitrogen and oxygen atoms in total. The van der Waals surface area contributed by atoms with Gasteiger partial charge in [0, 0.05) is 17.5 Å². The van der Waals surface area contributed by atoms with Gasteiger partial charge < -0.3 is 10.3 Å². The van der Waals surface area contributed by atoms with Gasteiger partial charge in [-0.05, 0) is 18.2 Å². The van der Waals surface area contributed by atoms with E-state index in [0.29, 0.717) is 17.1 Å². The average molecular weight is 265 g/mol. The topological polar surface area (TPSA) is 74.8 Å². The largest absolute Gasteiger partial charge is 0.321 e. The van der Waals surface area contributed by atoms with E-state index in [9.17, 15) is 9.59 Å². The zero-order valence-corrected chi connectivity index (χ0v) is 10.5. The van der Waals surface area contributed by atoms with Crippen LogP contribution in [0.4, 0.5) is 5.82 Å². The molecular formula is C15H11N3O2. The molecule has 0 radical (unpaired) electrons. The van der Waals surface area contributed by atoms with Gasteiger partial charge in [0.05, 0.1) is 0 Å². The quantitative estimate of drug-likeness (QED) is 0.745. The second-order valence-corrected chi connectivity index (χ2v) is 4.24. The van der Waals surface area contributed by atoms with Crippen LogP contribution in [0.3, 0.4) is 0 Å². The number of anilines is 1. The number of pyridine rings is 1. The van der Waals surface area contributed by atoms with Crippen molar-refractivity contribution < 1.29 is 4.79 Å². The monoisotopic (exact) mass is 265 g/mol. The maximum Gasteiger partial charge on any atom is 0.263 e. The van der Waals surface area contributed by atoms with Gasteiger partial charge in [0.15, 0.2) is 0 Å². The normalized spacial score (nSPS) is 10.4. The second kappa shape index (κ2) is 4.97. The molecule has 5 heteroatoms. The first-order valence-electron chi connectivity index (χ1n) is 6.09. The summed E-state index contributed by atoms with van der Waals surface area (Å²) in [6.45, 7) is 0. The fourth-order valence-electron chi connectivity index (χ4n) is 2.02. The molecule has 98 valence electrons. The molecule has 1 aliphatic heterocycles. The van der Waals surface area contributed by atoms with Gasteiger partial charge in [-0.15, -0.1) is 0 Å². The van der Waals surface area contributed by atoms with Crippen LogP contribution in [0, 0.1) is 0 Å². The van der Waals surface area contributed by atoms with Crippen LogP contribution in [-0.4, -0.2) is 15.9 Å². The lowest BCUT2D eigenvalue weighted by atomic mass is 10.1. The van der Waals surface area contributed by atoms with Crippen LogP contribution in [0.15, 0.2) is 59.5 Å². The molecule has 2 heterocycles. The first-order valence-corrected chi connectivity index (χ1v) is 6.09. The molecule has 1 aliphatic carbocycles. The maximum absolute atomic E-state index is 12.2. The van der Waals surface area contributed by atoms with E-state index >= 15 is 0 Å². The first kappa shape index (κ1) is 12.1. The number of fused-ring (bicyclic) bond motifs is 1. The molecule has 0 saturated heterocycles. The summed E-state index contributed by atoms with van der Waals surface area (Å²) in [7, 11) is 0. The van der Waals surface area contributed by atoms with Crippen molar-refractivity contribution in [2.24, 2.45) is 0 Å². The molecule has 1 amide bonds. The number of nitrogens with zero attached hydrogens (tertiary/aromatic N) is 1. The van der Waals surface area contributed by atoms with E-state index < -0.39 is 11.5 Å². The molecule has 0 spiro atoms. The molecule has 3 rings (SSSR count). The van der Waals surface area contributed by atoms with Gasteiger partial charge in [0.25, 0.3) is 11.5 Å². The summed E-state index contributed by atoms with van der Waals surface area (Å²) >= 11 is 0. The lowest BCUT2D eigenvalue weighted by molar-refractivity contribution is 0.102. The fraction of sp³-hybridized carbons (Fsp3) is 0. The number of carbonyl (C=O) groups excluding carboxylic acids is 1. The molecule has 0 fully saturated rings. The molecule has 1 aromatic heterocycles. The van der Waals surface area contributed by atoms with Gasteiger partial charge in [-0.3, -0.25) is 9.59 Å². The third-order valence-corrected chi connectivity index (χ3v) is 2.92. The molecular weight excluding hydrogens is 254 g/mol. The Labute approximate surface area is 114 Å². The highest BCUT2D eigenvalue weighted by molar-refractivity contribution is 6.08. The average Bonchev–Trinajstić information content (AvgIpc) is 2.60. The Kier molecular flexibility index (Phi) is 3.01. The Balaban J connectivity index is 2.02. The van der Waals surface area contributed by atoms with Crippen LogP contribution < -0.4 is 10.9 Å². The molecule has 0 saturated carbocycles. The standard InChI is InChI=1S/C15H11N3O2/c19-14-13(10-6-2-1-3-7-11(10)17-14)15(20)18-12-8-4-5-9-16-12/h1-9H,(H,17,19)(H,16,18,20). The van der Waals surface area contributed by atoms with Gasteiger partial charge >= 0.3 is 0 Å². The van der Waals surface area contributed by atoms with Crippen LogP contribution >= 0.6 is 0 Å². The predicted octanol–water partition coefficient (Wildman–Crippen LogP) is 2.13. The third-order valence-electron chi connectivity index (χ3n) is 2.92. The molecule has 0 unspecified atom stereocenters. The lowest BCUT2D eigenvalue weighted by Crippen LogP contribution is -2.20. The highest BCUT2D eigenvalue weighted by atomic mass is 16.2. The van der Waals surface area contributed by atoms with Gasteiger partial charge in [0.1, 0.15) is 11.4 Å². The number of hydrogen-bond donors (Lipinski definition) is 2. The van der Waals surface area contributed by atoms with Crippen LogP contribution in [0.5, 0.6) is 0 Å². The molecule has 20 heavy (non-hydrogen) atoms. The summed E-state index contributed by atoms with van der Waals surface area (Å²) in [6.07, 6.45) is 1.57. The lowest BCUT2D eigenvalue weighted by Gasteiger charge is -2.02. The van der Waals surface area contributed by atoms with Gasteiger partial charge in [-0.25, -0.2) is 4.98 Å². The maximum atomic E-state index is 12.2. The zero-order valence-electron chi connectivity index (χ0n) is 10.5. The Morgan fingerprint density at radius 3 is 2.65 bits per heavy atom. The summed E-state index contributed by atoms with van der Waals surface area (Å²) in [4.78, 5) is 30.9. The Bertz CT molecular complexity index is 781. The number of hydrogen-bond acceptors (Lipinski definition) is 3. The minimum atomic E-state index is -0.467. The summed E-state index contributed by atoms with van der Waals surface area (Å²) in [6, 6.07) is 14.1. The molecule has 1 aromatic rings. The number of amides is 1. The van der Waals surface area contributed by atoms with Crippen LogP contribution in [-0.2, 0) is 0 Å². The van der Waals surface area contributed by atoms with Crippen molar-refractivity contribution in [3.8, 4) is 11.3 Å². The number of H-pyrrole nitrogens is 1. The van der Waals surface area contributed by atoms with Crippen molar-refractivity contribution in [3.05, 3.63) is 70.6 Å². The van der Waals surface area contributed by atoms with Gasteiger partial charge in [-0.1, -0.05) is 30.3 Å². The van der Waals surface area contributed by atoms with Gasteiger partial charge in [-0.2, -0.15) is 0 Å². The molecule has 0 atom stereocenters. The number of rotatable bonds is 2. The number of nitrogens with one attached hydrogen (secondary N) is 2. The number of aromatic nitrogens is 2. The van der Waals surface area contributed by atoms with E-state index in [1.165, 1.54) is 0 Å². The SMILES string of the molecule is O=C(Nc1ccccn1)c1c2cccccc-2[nH]c1=O. The second-order valence-electron chi connectivity index (χ2n) is 4.24. The van der Waals surface area contributed by atoms with Crippen molar-refractivity contribution in [1.29, 1.82) is 0 Å². The predicted molar refractivity (Wildman–Crippen MR) is 75.9 cm³/mol. The number of carbonyl (C=O) groups is 1. The van der Waals surface area contributed by atoms with Crippen molar-refractivity contribution >= 4 is 11.7 Å². The summed E-state index contributed by atoms with van der Waals surface area (Å²) in [5, 5.41) is 2.62. The third kappa shape index (κ3) is 2.16. The highest BCUT2D eigenvalue weighted by Gasteiger charge is 2.20. The minimum absolute atomic E-state index is 0.0989. The fourth-order valence-corrected chi connectivity index (χ4v) is 2.02. The molecule has 2 N–H and O–H groups in total. The summed E-state index contributed by atoms with van der Waals surface area (Å²) in [5.74, 6) is -0.0577. The van der Waals surface area contributed by atoms with E-state index in [0.717, 1.165) is 0 Å². The van der Waals surface area contributed by atoms with Crippen LogP contribution in [0.1, 0.15) is 10.4 Å². The first-order chi connectivity index (χ1) is 9.75. The van der Waals surface area contributed by atoms with Crippen molar-refractivity contribution in [1.82, 2.24) is 9.97 Å². The van der Waals surface area contributed by atoms with Crippen molar-refractivity contribution in [3.63, 3.8) is 0 Å². The van der Waals surface area contributed by atoms with E-state index in [1.54, 1.807) is 48.7 Å². The van der Waals surface area contributed by atoms with Crippen molar-refractivity contribution in [2.45, 2.75) is 0 Å². The van der Waals surface area contributed by atoms with E-state index in [4.69, 9.17) is 0 Å². The van der Waals surface area contributed by atoms with Crippen LogP contribution in [0.25, 0.3) is 11.3 Å².